The van der Waals surface area contributed by atoms with E-state index >= 15 is 0 Å². The maximum atomic E-state index is 6.05. The Morgan fingerprint density at radius 1 is 0.450 bits per heavy atom. The minimum Gasteiger partial charge on any atom is -0.456 e. The Morgan fingerprint density at radius 2 is 1.07 bits per heavy atom. The molecule has 0 saturated carbocycles. The van der Waals surface area contributed by atoms with E-state index < -0.39 is 0 Å². The molecular weight excluding hydrogens is 488 g/mol. The van der Waals surface area contributed by atoms with Crippen LogP contribution in [0.2, 0.25) is 0 Å². The van der Waals surface area contributed by atoms with Crippen LogP contribution >= 0.6 is 0 Å². The van der Waals surface area contributed by atoms with Crippen LogP contribution in [0.15, 0.2) is 150 Å². The van der Waals surface area contributed by atoms with Crippen LogP contribution in [0, 0.1) is 0 Å². The average molecular weight is 513 g/mol. The van der Waals surface area contributed by atoms with Crippen molar-refractivity contribution in [3.8, 4) is 39.3 Å². The maximum Gasteiger partial charge on any atom is 0.145 e. The normalized spacial score (nSPS) is 11.5. The highest BCUT2D eigenvalue weighted by molar-refractivity contribution is 6.06. The number of furan rings is 1. The third kappa shape index (κ3) is 3.71. The highest BCUT2D eigenvalue weighted by atomic mass is 16.3. The molecule has 0 saturated heterocycles. The fourth-order valence-electron chi connectivity index (χ4n) is 5.68. The largest absolute Gasteiger partial charge is 0.456 e. The van der Waals surface area contributed by atoms with Crippen molar-refractivity contribution in [2.24, 2.45) is 0 Å². The zero-order valence-corrected chi connectivity index (χ0v) is 21.7. The van der Waals surface area contributed by atoms with E-state index in [1.807, 2.05) is 24.3 Å². The number of benzene rings is 6. The standard InChI is InChI=1S/C37H24N2O/c1-2-14-30(15-3-1)39-34-18-6-5-17-33(34)38-37(39)29-13-9-12-27(23-29)25-10-8-11-26(22-25)28-20-21-36-32(24-28)31-16-4-7-19-35(31)40-36/h1-24H. The molecule has 0 N–H and O–H groups in total. The molecule has 8 aromatic rings. The lowest BCUT2D eigenvalue weighted by molar-refractivity contribution is 0.669. The Bertz CT molecular complexity index is 2170. The van der Waals surface area contributed by atoms with Gasteiger partial charge in [-0.2, -0.15) is 0 Å². The molecule has 0 unspecified atom stereocenters. The highest BCUT2D eigenvalue weighted by Crippen LogP contribution is 2.35. The van der Waals surface area contributed by atoms with E-state index in [0.717, 1.165) is 55.6 Å². The van der Waals surface area contributed by atoms with Crippen LogP contribution in [0.5, 0.6) is 0 Å². The van der Waals surface area contributed by atoms with Gasteiger partial charge in [0.2, 0.25) is 0 Å². The number of hydrogen-bond acceptors (Lipinski definition) is 2. The van der Waals surface area contributed by atoms with Crippen LogP contribution in [0.4, 0.5) is 0 Å². The average Bonchev–Trinajstić information content (AvgIpc) is 3.60. The van der Waals surface area contributed by atoms with Crippen molar-refractivity contribution in [3.63, 3.8) is 0 Å². The molecule has 0 atom stereocenters. The van der Waals surface area contributed by atoms with Gasteiger partial charge in [0, 0.05) is 22.0 Å². The van der Waals surface area contributed by atoms with Crippen LogP contribution in [0.1, 0.15) is 0 Å². The number of hydrogen-bond donors (Lipinski definition) is 0. The summed E-state index contributed by atoms with van der Waals surface area (Å²) < 4.78 is 8.29. The lowest BCUT2D eigenvalue weighted by Gasteiger charge is -2.11. The van der Waals surface area contributed by atoms with Gasteiger partial charge in [-0.05, 0) is 76.9 Å². The Kier molecular flexibility index (Phi) is 5.14. The van der Waals surface area contributed by atoms with Gasteiger partial charge in [-0.3, -0.25) is 4.57 Å². The maximum absolute atomic E-state index is 6.05. The van der Waals surface area contributed by atoms with E-state index in [1.165, 1.54) is 16.7 Å². The summed E-state index contributed by atoms with van der Waals surface area (Å²) in [6.07, 6.45) is 0. The molecule has 2 heterocycles. The van der Waals surface area contributed by atoms with Crippen molar-refractivity contribution in [2.45, 2.75) is 0 Å². The topological polar surface area (TPSA) is 31.0 Å². The summed E-state index contributed by atoms with van der Waals surface area (Å²) in [5.74, 6) is 0.933. The van der Waals surface area contributed by atoms with E-state index in [9.17, 15) is 0 Å². The third-order valence-electron chi connectivity index (χ3n) is 7.60. The van der Waals surface area contributed by atoms with Crippen molar-refractivity contribution in [2.75, 3.05) is 0 Å². The number of rotatable bonds is 4. The van der Waals surface area contributed by atoms with Gasteiger partial charge in [0.15, 0.2) is 0 Å². The monoisotopic (exact) mass is 512 g/mol. The zero-order chi connectivity index (χ0) is 26.5. The van der Waals surface area contributed by atoms with Gasteiger partial charge < -0.3 is 4.42 Å². The first kappa shape index (κ1) is 22.6. The first-order chi connectivity index (χ1) is 19.8. The molecule has 0 aliphatic heterocycles. The predicted octanol–water partition coefficient (Wildman–Crippen LogP) is 9.93. The van der Waals surface area contributed by atoms with Crippen LogP contribution in [0.25, 0.3) is 72.3 Å². The third-order valence-corrected chi connectivity index (χ3v) is 7.60. The first-order valence-electron chi connectivity index (χ1n) is 13.5. The second-order valence-electron chi connectivity index (χ2n) is 10.1. The Labute approximate surface area is 231 Å². The smallest absolute Gasteiger partial charge is 0.145 e. The SMILES string of the molecule is c1ccc(-n2c(-c3cccc(-c4cccc(-c5ccc6oc7ccccc7c6c5)c4)c3)nc3ccccc32)cc1. The zero-order valence-electron chi connectivity index (χ0n) is 21.7. The second kappa shape index (κ2) is 9.11. The van der Waals surface area contributed by atoms with Gasteiger partial charge in [-0.15, -0.1) is 0 Å². The van der Waals surface area contributed by atoms with Gasteiger partial charge >= 0.3 is 0 Å². The number of aromatic nitrogens is 2. The van der Waals surface area contributed by atoms with Crippen molar-refractivity contribution in [1.82, 2.24) is 9.55 Å². The summed E-state index contributed by atoms with van der Waals surface area (Å²) in [4.78, 5) is 5.06. The number of para-hydroxylation sites is 4. The molecule has 6 aromatic carbocycles. The van der Waals surface area contributed by atoms with E-state index in [2.05, 4.69) is 126 Å². The van der Waals surface area contributed by atoms with Crippen LogP contribution in [-0.4, -0.2) is 9.55 Å². The molecule has 0 spiro atoms. The highest BCUT2D eigenvalue weighted by Gasteiger charge is 2.15. The van der Waals surface area contributed by atoms with Gasteiger partial charge in [-0.25, -0.2) is 4.98 Å². The molecule has 40 heavy (non-hydrogen) atoms. The predicted molar refractivity (Wildman–Crippen MR) is 165 cm³/mol. The van der Waals surface area contributed by atoms with Gasteiger partial charge in [0.1, 0.15) is 17.0 Å². The van der Waals surface area contributed by atoms with E-state index in [1.54, 1.807) is 0 Å². The van der Waals surface area contributed by atoms with Crippen molar-refractivity contribution < 1.29 is 4.42 Å². The molecule has 0 fully saturated rings. The molecule has 0 aliphatic rings. The van der Waals surface area contributed by atoms with Gasteiger partial charge in [0.25, 0.3) is 0 Å². The van der Waals surface area contributed by atoms with Crippen molar-refractivity contribution in [3.05, 3.63) is 146 Å². The van der Waals surface area contributed by atoms with E-state index in [-0.39, 0.29) is 0 Å². The Morgan fingerprint density at radius 3 is 1.90 bits per heavy atom. The molecule has 0 amide bonds. The van der Waals surface area contributed by atoms with E-state index in [0.29, 0.717) is 0 Å². The lowest BCUT2D eigenvalue weighted by Crippen LogP contribution is -1.97. The summed E-state index contributed by atoms with van der Waals surface area (Å²) in [5.41, 5.74) is 10.7. The fourth-order valence-corrected chi connectivity index (χ4v) is 5.68. The molecule has 2 aromatic heterocycles. The first-order valence-corrected chi connectivity index (χ1v) is 13.5. The minimum absolute atomic E-state index is 0.912. The molecular formula is C37H24N2O. The Hall–Kier alpha value is -5.41. The van der Waals surface area contributed by atoms with Gasteiger partial charge in [-0.1, -0.05) is 91.0 Å². The second-order valence-corrected chi connectivity index (χ2v) is 10.1. The van der Waals surface area contributed by atoms with Crippen molar-refractivity contribution >= 4 is 33.0 Å². The van der Waals surface area contributed by atoms with Crippen LogP contribution < -0.4 is 0 Å². The number of nitrogens with zero attached hydrogens (tertiary/aromatic N) is 2. The summed E-state index contributed by atoms with van der Waals surface area (Å²) in [6.45, 7) is 0. The lowest BCUT2D eigenvalue weighted by atomic mass is 9.97. The van der Waals surface area contributed by atoms with Crippen LogP contribution in [-0.2, 0) is 0 Å². The quantitative estimate of drug-likeness (QED) is 0.235. The molecule has 8 rings (SSSR count). The van der Waals surface area contributed by atoms with Crippen molar-refractivity contribution in [1.29, 1.82) is 0 Å². The summed E-state index contributed by atoms with van der Waals surface area (Å²) in [5, 5.41) is 2.28. The number of fused-ring (bicyclic) bond motifs is 4. The van der Waals surface area contributed by atoms with Crippen LogP contribution in [0.3, 0.4) is 0 Å². The molecule has 3 nitrogen and oxygen atoms in total. The molecule has 0 bridgehead atoms. The van der Waals surface area contributed by atoms with E-state index in [4.69, 9.17) is 9.40 Å². The Balaban J connectivity index is 1.23. The minimum atomic E-state index is 0.912. The fraction of sp³-hybridized carbons (Fsp3) is 0. The molecule has 188 valence electrons. The molecule has 3 heteroatoms. The van der Waals surface area contributed by atoms with Gasteiger partial charge in [0.05, 0.1) is 11.0 Å². The number of imidazole rings is 1. The summed E-state index contributed by atoms with van der Waals surface area (Å²) >= 11 is 0. The molecule has 0 radical (unpaired) electrons. The molecule has 0 aliphatic carbocycles. The summed E-state index contributed by atoms with van der Waals surface area (Å²) in [7, 11) is 0. The summed E-state index contributed by atoms with van der Waals surface area (Å²) in [6, 6.07) is 50.9.